The number of carbonyl (C=O) groups is 2. The molecule has 2 aromatic rings. The molecule has 0 saturated carbocycles. The van der Waals surface area contributed by atoms with Crippen molar-refractivity contribution < 1.29 is 14.3 Å². The molecule has 1 amide bonds. The summed E-state index contributed by atoms with van der Waals surface area (Å²) in [7, 11) is 1.51. The van der Waals surface area contributed by atoms with Crippen molar-refractivity contribution in [1.82, 2.24) is 15.5 Å². The molecule has 2 aliphatic heterocycles. The number of benzene rings is 2. The van der Waals surface area contributed by atoms with Gasteiger partial charge in [0.05, 0.1) is 35.2 Å². The van der Waals surface area contributed by atoms with E-state index in [-0.39, 0.29) is 18.0 Å². The quantitative estimate of drug-likeness (QED) is 0.334. The fraction of sp³-hybridized carbons (Fsp3) is 0.481. The Morgan fingerprint density at radius 3 is 2.53 bits per heavy atom. The number of ether oxygens (including phenoxy) is 1. The summed E-state index contributed by atoms with van der Waals surface area (Å²) < 4.78 is 5.34. The minimum absolute atomic E-state index is 0.0252. The molecule has 0 bridgehead atoms. The number of nitrogens with zero attached hydrogens (tertiary/aromatic N) is 1. The van der Waals surface area contributed by atoms with Crippen LogP contribution in [0.3, 0.4) is 0 Å². The smallest absolute Gasteiger partial charge is 0.255 e. The highest BCUT2D eigenvalue weighted by atomic mass is 35.5. The lowest BCUT2D eigenvalue weighted by molar-refractivity contribution is -0.124. The number of ketones is 1. The first-order valence-corrected chi connectivity index (χ1v) is 13.9. The molecule has 0 radical (unpaired) electrons. The van der Waals surface area contributed by atoms with E-state index in [0.29, 0.717) is 39.5 Å². The molecule has 1 unspecified atom stereocenters. The zero-order valence-corrected chi connectivity index (χ0v) is 22.2. The average molecular weight is 531 g/mol. The van der Waals surface area contributed by atoms with Crippen LogP contribution in [0.4, 0.5) is 5.69 Å². The van der Waals surface area contributed by atoms with Crippen molar-refractivity contribution in [1.29, 1.82) is 0 Å². The van der Waals surface area contributed by atoms with Crippen LogP contribution in [-0.2, 0) is 4.79 Å². The molecule has 2 aliphatic rings. The van der Waals surface area contributed by atoms with Gasteiger partial charge in [-0.25, -0.2) is 0 Å². The Kier molecular flexibility index (Phi) is 9.53. The Balaban J connectivity index is 1.38. The molecule has 4 N–H and O–H groups in total. The van der Waals surface area contributed by atoms with Crippen molar-refractivity contribution in [2.45, 2.75) is 42.7 Å². The highest BCUT2D eigenvalue weighted by molar-refractivity contribution is 8.00. The van der Waals surface area contributed by atoms with Gasteiger partial charge in [-0.3, -0.25) is 14.5 Å². The number of hydrogen-bond donors (Lipinski definition) is 3. The number of carbonyl (C=O) groups excluding carboxylic acids is 2. The second kappa shape index (κ2) is 12.8. The summed E-state index contributed by atoms with van der Waals surface area (Å²) in [5, 5.41) is 6.87. The van der Waals surface area contributed by atoms with Crippen LogP contribution < -0.4 is 21.1 Å². The summed E-state index contributed by atoms with van der Waals surface area (Å²) in [6, 6.07) is 13.2. The lowest BCUT2D eigenvalue weighted by Crippen LogP contribution is -2.54. The summed E-state index contributed by atoms with van der Waals surface area (Å²) in [4.78, 5) is 30.0. The van der Waals surface area contributed by atoms with Gasteiger partial charge in [0.2, 0.25) is 0 Å². The van der Waals surface area contributed by atoms with Crippen LogP contribution in [0.1, 0.15) is 36.0 Å². The number of rotatable bonds is 9. The molecule has 1 atom stereocenters. The minimum atomic E-state index is -0.225. The maximum atomic E-state index is 13.5. The van der Waals surface area contributed by atoms with Gasteiger partial charge in [0.15, 0.2) is 5.78 Å². The molecule has 36 heavy (non-hydrogen) atoms. The number of likely N-dealkylation sites (tertiary alicyclic amines) is 1. The number of Topliss-reactive ketones (excluding diaryl/α,β-unsaturated/α-hetero) is 1. The Morgan fingerprint density at radius 1 is 1.17 bits per heavy atom. The van der Waals surface area contributed by atoms with Crippen LogP contribution in [0.25, 0.3) is 0 Å². The molecule has 0 spiro atoms. The fourth-order valence-corrected chi connectivity index (χ4v) is 6.17. The van der Waals surface area contributed by atoms with Crippen LogP contribution in [-0.4, -0.2) is 67.7 Å². The largest absolute Gasteiger partial charge is 0.496 e. The average Bonchev–Trinajstić information content (AvgIpc) is 2.91. The number of nitrogen functional groups attached to an aromatic ring is 1. The van der Waals surface area contributed by atoms with Crippen LogP contribution >= 0.6 is 23.4 Å². The first-order chi connectivity index (χ1) is 17.5. The zero-order chi connectivity index (χ0) is 25.5. The van der Waals surface area contributed by atoms with Crippen LogP contribution in [0.2, 0.25) is 5.02 Å². The molecule has 9 heteroatoms. The highest BCUT2D eigenvalue weighted by Crippen LogP contribution is 2.30. The number of nitrogens with one attached hydrogen (secondary N) is 2. The summed E-state index contributed by atoms with van der Waals surface area (Å²) in [5.41, 5.74) is 6.60. The lowest BCUT2D eigenvalue weighted by Gasteiger charge is -2.41. The van der Waals surface area contributed by atoms with Crippen molar-refractivity contribution in [2.75, 3.05) is 44.8 Å². The van der Waals surface area contributed by atoms with Crippen molar-refractivity contribution >= 4 is 40.7 Å². The Bertz CT molecular complexity index is 1040. The van der Waals surface area contributed by atoms with E-state index in [1.165, 1.54) is 7.11 Å². The standard InChI is InChI=1S/C27H35ClN4O3S/c1-35-25-16-23(29)22(28)15-21(25)27(34)31-19-9-13-32(14-10-19)26(18-7-11-30-12-8-18)24(33)17-36-20-5-3-2-4-6-20/h2-6,15-16,18-19,26,30H,7-14,17,29H2,1H3,(H,31,34). The predicted octanol–water partition coefficient (Wildman–Crippen LogP) is 3.85. The summed E-state index contributed by atoms with van der Waals surface area (Å²) in [5.74, 6) is 1.33. The molecule has 7 nitrogen and oxygen atoms in total. The summed E-state index contributed by atoms with van der Waals surface area (Å²) >= 11 is 7.76. The normalized spacial score (nSPS) is 18.5. The van der Waals surface area contributed by atoms with Gasteiger partial charge in [0.25, 0.3) is 5.91 Å². The third-order valence-electron chi connectivity index (χ3n) is 7.11. The summed E-state index contributed by atoms with van der Waals surface area (Å²) in [6.07, 6.45) is 3.61. The van der Waals surface area contributed by atoms with Gasteiger partial charge in [-0.05, 0) is 62.9 Å². The van der Waals surface area contributed by atoms with Crippen molar-refractivity contribution in [2.24, 2.45) is 5.92 Å². The third kappa shape index (κ3) is 6.73. The van der Waals surface area contributed by atoms with E-state index in [4.69, 9.17) is 22.1 Å². The second-order valence-electron chi connectivity index (χ2n) is 9.46. The van der Waals surface area contributed by atoms with E-state index in [9.17, 15) is 9.59 Å². The molecule has 0 aliphatic carbocycles. The summed E-state index contributed by atoms with van der Waals surface area (Å²) in [6.45, 7) is 3.47. The Morgan fingerprint density at radius 2 is 1.86 bits per heavy atom. The van der Waals surface area contributed by atoms with Gasteiger partial charge in [0, 0.05) is 30.1 Å². The van der Waals surface area contributed by atoms with Gasteiger partial charge < -0.3 is 21.1 Å². The maximum absolute atomic E-state index is 13.5. The number of halogens is 1. The number of amides is 1. The molecular formula is C27H35ClN4O3S. The van der Waals surface area contributed by atoms with Gasteiger partial charge in [0.1, 0.15) is 5.75 Å². The third-order valence-corrected chi connectivity index (χ3v) is 8.47. The number of thioether (sulfide) groups is 1. The molecular weight excluding hydrogens is 496 g/mol. The molecule has 194 valence electrons. The lowest BCUT2D eigenvalue weighted by atomic mass is 9.85. The molecule has 2 aromatic carbocycles. The fourth-order valence-electron chi connectivity index (χ4n) is 5.18. The van der Waals surface area contributed by atoms with Crippen LogP contribution in [0.15, 0.2) is 47.4 Å². The monoisotopic (exact) mass is 530 g/mol. The molecule has 4 rings (SSSR count). The highest BCUT2D eigenvalue weighted by Gasteiger charge is 2.36. The SMILES string of the molecule is COc1cc(N)c(Cl)cc1C(=O)NC1CCN(C(C(=O)CSc2ccccc2)C2CCNCC2)CC1. The number of methoxy groups -OCH3 is 1. The van der Waals surface area contributed by atoms with Gasteiger partial charge in [-0.1, -0.05) is 29.8 Å². The van der Waals surface area contributed by atoms with Crippen LogP contribution in [0, 0.1) is 5.92 Å². The number of anilines is 1. The first-order valence-electron chi connectivity index (χ1n) is 12.6. The topological polar surface area (TPSA) is 96.7 Å². The predicted molar refractivity (Wildman–Crippen MR) is 146 cm³/mol. The van der Waals surface area contributed by atoms with Gasteiger partial charge in [-0.15, -0.1) is 11.8 Å². The number of piperidine rings is 2. The zero-order valence-electron chi connectivity index (χ0n) is 20.7. The minimum Gasteiger partial charge on any atom is -0.496 e. The van der Waals surface area contributed by atoms with Crippen molar-refractivity contribution in [3.63, 3.8) is 0 Å². The maximum Gasteiger partial charge on any atom is 0.255 e. The van der Waals surface area contributed by atoms with E-state index < -0.39 is 0 Å². The van der Waals surface area contributed by atoms with E-state index in [0.717, 1.165) is 56.8 Å². The Labute approximate surface area is 222 Å². The van der Waals surface area contributed by atoms with Crippen molar-refractivity contribution in [3.05, 3.63) is 53.1 Å². The van der Waals surface area contributed by atoms with Gasteiger partial charge in [-0.2, -0.15) is 0 Å². The van der Waals surface area contributed by atoms with Crippen molar-refractivity contribution in [3.8, 4) is 5.75 Å². The van der Waals surface area contributed by atoms with E-state index in [1.54, 1.807) is 23.9 Å². The van der Waals surface area contributed by atoms with E-state index in [2.05, 4.69) is 27.7 Å². The van der Waals surface area contributed by atoms with E-state index in [1.807, 2.05) is 18.2 Å². The number of hydrogen-bond acceptors (Lipinski definition) is 7. The van der Waals surface area contributed by atoms with Gasteiger partial charge >= 0.3 is 0 Å². The van der Waals surface area contributed by atoms with Crippen LogP contribution in [0.5, 0.6) is 5.75 Å². The van der Waals surface area contributed by atoms with E-state index >= 15 is 0 Å². The Hall–Kier alpha value is -2.26. The molecule has 2 heterocycles. The molecule has 2 saturated heterocycles. The second-order valence-corrected chi connectivity index (χ2v) is 10.9. The molecule has 0 aromatic heterocycles. The number of nitrogens with two attached hydrogens (primary N) is 1. The first kappa shape index (κ1) is 26.8. The molecule has 2 fully saturated rings.